The van der Waals surface area contributed by atoms with Crippen LogP contribution in [-0.4, -0.2) is 10.9 Å². The fourth-order valence-electron chi connectivity index (χ4n) is 2.66. The second kappa shape index (κ2) is 2.92. The molecule has 2 aliphatic carbocycles. The van der Waals surface area contributed by atoms with Crippen molar-refractivity contribution in [1.82, 2.24) is 0 Å². The van der Waals surface area contributed by atoms with Gasteiger partial charge < -0.3 is 5.11 Å². The van der Waals surface area contributed by atoms with E-state index in [-0.39, 0.29) is 5.78 Å². The van der Waals surface area contributed by atoms with Crippen molar-refractivity contribution in [2.45, 2.75) is 31.3 Å². The predicted octanol–water partition coefficient (Wildman–Crippen LogP) is 2.26. The van der Waals surface area contributed by atoms with E-state index < -0.39 is 5.60 Å². The maximum absolute atomic E-state index is 11.7. The lowest BCUT2D eigenvalue weighted by atomic mass is 9.76. The quantitative estimate of drug-likeness (QED) is 0.758. The molecule has 1 unspecified atom stereocenters. The van der Waals surface area contributed by atoms with Crippen LogP contribution in [-0.2, 0) is 5.60 Å². The van der Waals surface area contributed by atoms with Gasteiger partial charge in [0.05, 0.1) is 5.60 Å². The molecule has 0 aromatic heterocycles. The number of benzene rings is 1. The molecule has 0 amide bonds. The van der Waals surface area contributed by atoms with Crippen molar-refractivity contribution in [1.29, 1.82) is 0 Å². The molecule has 78 valence electrons. The first kappa shape index (κ1) is 9.10. The van der Waals surface area contributed by atoms with Crippen molar-refractivity contribution in [2.24, 2.45) is 5.92 Å². The number of hydrogen-bond donors (Lipinski definition) is 1. The van der Waals surface area contributed by atoms with Crippen LogP contribution >= 0.6 is 0 Å². The van der Waals surface area contributed by atoms with Crippen molar-refractivity contribution >= 4 is 5.78 Å². The molecule has 1 saturated carbocycles. The van der Waals surface area contributed by atoms with Gasteiger partial charge in [0, 0.05) is 12.0 Å². The summed E-state index contributed by atoms with van der Waals surface area (Å²) in [6, 6.07) is 7.52. The Labute approximate surface area is 88.9 Å². The molecule has 1 N–H and O–H groups in total. The highest BCUT2D eigenvalue weighted by Crippen LogP contribution is 2.51. The molecule has 0 saturated heterocycles. The van der Waals surface area contributed by atoms with E-state index in [9.17, 15) is 9.90 Å². The number of Topliss-reactive ketones (excluding diaryl/α,β-unsaturated/α-hetero) is 1. The fourth-order valence-corrected chi connectivity index (χ4v) is 2.66. The van der Waals surface area contributed by atoms with Crippen LogP contribution in [0.15, 0.2) is 24.3 Å². The van der Waals surface area contributed by atoms with Crippen molar-refractivity contribution in [2.75, 3.05) is 0 Å². The molecule has 0 radical (unpaired) electrons. The molecule has 0 aliphatic heterocycles. The minimum absolute atomic E-state index is 0.177. The summed E-state index contributed by atoms with van der Waals surface area (Å²) in [5.74, 6) is 0.558. The van der Waals surface area contributed by atoms with E-state index in [1.165, 1.54) is 0 Å². The lowest BCUT2D eigenvalue weighted by Crippen LogP contribution is -2.35. The number of fused-ring (bicyclic) bond motifs is 1. The van der Waals surface area contributed by atoms with Crippen molar-refractivity contribution < 1.29 is 9.90 Å². The Balaban J connectivity index is 2.15. The Kier molecular flexibility index (Phi) is 1.77. The first-order valence-corrected chi connectivity index (χ1v) is 5.57. The van der Waals surface area contributed by atoms with Gasteiger partial charge in [0.25, 0.3) is 0 Å². The molecule has 2 nitrogen and oxygen atoms in total. The van der Waals surface area contributed by atoms with Gasteiger partial charge in [-0.05, 0) is 30.7 Å². The van der Waals surface area contributed by atoms with Gasteiger partial charge in [-0.15, -0.1) is 0 Å². The summed E-state index contributed by atoms with van der Waals surface area (Å²) < 4.78 is 0. The van der Waals surface area contributed by atoms with Gasteiger partial charge in [-0.25, -0.2) is 0 Å². The maximum atomic E-state index is 11.7. The summed E-state index contributed by atoms with van der Waals surface area (Å²) in [6.07, 6.45) is 3.29. The van der Waals surface area contributed by atoms with Crippen LogP contribution in [0.5, 0.6) is 0 Å². The van der Waals surface area contributed by atoms with Gasteiger partial charge in [0.15, 0.2) is 5.78 Å². The molecule has 1 atom stereocenters. The average Bonchev–Trinajstić information content (AvgIpc) is 3.08. The van der Waals surface area contributed by atoms with E-state index in [0.29, 0.717) is 18.8 Å². The zero-order valence-corrected chi connectivity index (χ0v) is 8.57. The zero-order valence-electron chi connectivity index (χ0n) is 8.57. The molecular weight excluding hydrogens is 188 g/mol. The molecule has 2 aliphatic rings. The zero-order chi connectivity index (χ0) is 10.5. The van der Waals surface area contributed by atoms with Gasteiger partial charge in [-0.2, -0.15) is 0 Å². The Hall–Kier alpha value is -1.15. The molecule has 0 heterocycles. The molecular formula is C13H14O2. The molecule has 1 aromatic carbocycles. The number of carbonyl (C=O) groups is 1. The van der Waals surface area contributed by atoms with Crippen LogP contribution in [0, 0.1) is 5.92 Å². The van der Waals surface area contributed by atoms with E-state index in [1.54, 1.807) is 0 Å². The lowest BCUT2D eigenvalue weighted by molar-refractivity contribution is -0.00237. The third kappa shape index (κ3) is 1.25. The summed E-state index contributed by atoms with van der Waals surface area (Å²) in [5, 5.41) is 10.6. The molecule has 0 spiro atoms. The highest BCUT2D eigenvalue weighted by molar-refractivity contribution is 5.99. The number of rotatable bonds is 1. The van der Waals surface area contributed by atoms with Crippen LogP contribution in [0.4, 0.5) is 0 Å². The van der Waals surface area contributed by atoms with Crippen LogP contribution in [0.25, 0.3) is 0 Å². The molecule has 1 fully saturated rings. The van der Waals surface area contributed by atoms with Crippen LogP contribution in [0.1, 0.15) is 41.6 Å². The molecule has 0 bridgehead atoms. The Morgan fingerprint density at radius 2 is 2.00 bits per heavy atom. The van der Waals surface area contributed by atoms with Gasteiger partial charge in [-0.3, -0.25) is 4.79 Å². The smallest absolute Gasteiger partial charge is 0.163 e. The van der Waals surface area contributed by atoms with Gasteiger partial charge >= 0.3 is 0 Å². The third-order valence-electron chi connectivity index (χ3n) is 3.68. The van der Waals surface area contributed by atoms with Crippen molar-refractivity contribution in [3.63, 3.8) is 0 Å². The molecule has 2 heteroatoms. The van der Waals surface area contributed by atoms with Gasteiger partial charge in [0.1, 0.15) is 0 Å². The van der Waals surface area contributed by atoms with Crippen LogP contribution in [0.3, 0.4) is 0 Å². The first-order chi connectivity index (χ1) is 7.22. The second-order valence-corrected chi connectivity index (χ2v) is 4.67. The summed E-state index contributed by atoms with van der Waals surface area (Å²) in [5.41, 5.74) is 0.881. The summed E-state index contributed by atoms with van der Waals surface area (Å²) >= 11 is 0. The standard InChI is InChI=1S/C13H14O2/c14-12-7-8-13(15,9-5-6-9)11-4-2-1-3-10(11)12/h1-4,9,15H,5-8H2. The van der Waals surface area contributed by atoms with E-state index in [1.807, 2.05) is 24.3 Å². The monoisotopic (exact) mass is 202 g/mol. The third-order valence-corrected chi connectivity index (χ3v) is 3.68. The minimum Gasteiger partial charge on any atom is -0.385 e. The number of hydrogen-bond acceptors (Lipinski definition) is 2. The average molecular weight is 202 g/mol. The Bertz CT molecular complexity index is 420. The second-order valence-electron chi connectivity index (χ2n) is 4.67. The first-order valence-electron chi connectivity index (χ1n) is 5.57. The summed E-state index contributed by atoms with van der Waals surface area (Å²) in [7, 11) is 0. The maximum Gasteiger partial charge on any atom is 0.163 e. The lowest BCUT2D eigenvalue weighted by Gasteiger charge is -2.34. The van der Waals surface area contributed by atoms with Gasteiger partial charge in [0.2, 0.25) is 0 Å². The molecule has 15 heavy (non-hydrogen) atoms. The van der Waals surface area contributed by atoms with E-state index in [0.717, 1.165) is 24.0 Å². The number of carbonyl (C=O) groups excluding carboxylic acids is 1. The molecule has 1 aromatic rings. The van der Waals surface area contributed by atoms with E-state index in [4.69, 9.17) is 0 Å². The summed E-state index contributed by atoms with van der Waals surface area (Å²) in [4.78, 5) is 11.7. The van der Waals surface area contributed by atoms with E-state index >= 15 is 0 Å². The Morgan fingerprint density at radius 1 is 1.27 bits per heavy atom. The normalized spacial score (nSPS) is 30.1. The van der Waals surface area contributed by atoms with Crippen LogP contribution in [0.2, 0.25) is 0 Å². The molecule has 3 rings (SSSR count). The topological polar surface area (TPSA) is 37.3 Å². The number of aliphatic hydroxyl groups is 1. The Morgan fingerprint density at radius 3 is 2.73 bits per heavy atom. The predicted molar refractivity (Wildman–Crippen MR) is 56.6 cm³/mol. The SMILES string of the molecule is O=C1CCC(O)(C2CC2)c2ccccc21. The summed E-state index contributed by atoms with van der Waals surface area (Å²) in [6.45, 7) is 0. The minimum atomic E-state index is -0.718. The van der Waals surface area contributed by atoms with Crippen molar-refractivity contribution in [3.05, 3.63) is 35.4 Å². The van der Waals surface area contributed by atoms with Crippen molar-refractivity contribution in [3.8, 4) is 0 Å². The van der Waals surface area contributed by atoms with Crippen LogP contribution < -0.4 is 0 Å². The highest BCUT2D eigenvalue weighted by Gasteiger charge is 2.48. The van der Waals surface area contributed by atoms with E-state index in [2.05, 4.69) is 0 Å². The number of ketones is 1. The van der Waals surface area contributed by atoms with Gasteiger partial charge in [-0.1, -0.05) is 24.3 Å². The largest absolute Gasteiger partial charge is 0.385 e. The highest BCUT2D eigenvalue weighted by atomic mass is 16.3. The fraction of sp³-hybridized carbons (Fsp3) is 0.462.